The van der Waals surface area contributed by atoms with Gasteiger partial charge in [0.2, 0.25) is 0 Å². The summed E-state index contributed by atoms with van der Waals surface area (Å²) in [5, 5.41) is 9.00. The highest BCUT2D eigenvalue weighted by Crippen LogP contribution is 2.23. The lowest BCUT2D eigenvalue weighted by atomic mass is 10.1. The zero-order chi connectivity index (χ0) is 17.0. The van der Waals surface area contributed by atoms with Crippen LogP contribution in [0, 0.1) is 0 Å². The van der Waals surface area contributed by atoms with Crippen LogP contribution in [0.5, 0.6) is 0 Å². The van der Waals surface area contributed by atoms with E-state index in [1.54, 1.807) is 4.88 Å². The van der Waals surface area contributed by atoms with Crippen molar-refractivity contribution in [1.82, 2.24) is 15.5 Å². The Bertz CT molecular complexity index is 495. The van der Waals surface area contributed by atoms with Gasteiger partial charge in [0.25, 0.3) is 0 Å². The number of hydrogen-bond donors (Lipinski definition) is 2. The lowest BCUT2D eigenvalue weighted by molar-refractivity contribution is 0.144. The summed E-state index contributed by atoms with van der Waals surface area (Å²) in [4.78, 5) is 8.74. The predicted octanol–water partition coefficient (Wildman–Crippen LogP) is 3.10. The van der Waals surface area contributed by atoms with Crippen molar-refractivity contribution in [3.05, 3.63) is 21.9 Å². The van der Waals surface area contributed by atoms with Gasteiger partial charge in [0, 0.05) is 57.4 Å². The van der Waals surface area contributed by atoms with Crippen LogP contribution in [0.2, 0.25) is 0 Å². The molecule has 0 amide bonds. The Morgan fingerprint density at radius 1 is 1.32 bits per heavy atom. The third kappa shape index (κ3) is 8.70. The Labute approximate surface area is 173 Å². The summed E-state index contributed by atoms with van der Waals surface area (Å²) in [5.74, 6) is 0.933. The molecule has 2 heterocycles. The number of aliphatic imine (C=N–C) groups is 1. The summed E-state index contributed by atoms with van der Waals surface area (Å²) in [6, 6.07) is 2.27. The molecule has 0 aliphatic carbocycles. The standard InChI is InChI=1S/C18H32N4OS.HI/c1-3-19-18(20-9-5-6-13-23-4-2)21-10-12-22-11-7-17-16(15-22)8-14-24-17;/h8,14H,3-7,9-13,15H2,1-2H3,(H2,19,20,21);1H. The number of rotatable bonds is 10. The number of nitrogens with one attached hydrogen (secondary N) is 2. The van der Waals surface area contributed by atoms with E-state index >= 15 is 0 Å². The second-order valence-corrected chi connectivity index (χ2v) is 6.99. The molecule has 0 radical (unpaired) electrons. The van der Waals surface area contributed by atoms with Crippen molar-refractivity contribution >= 4 is 41.3 Å². The molecule has 25 heavy (non-hydrogen) atoms. The third-order valence-electron chi connectivity index (χ3n) is 4.12. The first-order chi connectivity index (χ1) is 11.8. The van der Waals surface area contributed by atoms with Crippen LogP contribution in [0.15, 0.2) is 16.4 Å². The van der Waals surface area contributed by atoms with E-state index in [9.17, 15) is 0 Å². The highest BCUT2D eigenvalue weighted by Gasteiger charge is 2.16. The zero-order valence-corrected chi connectivity index (χ0v) is 18.7. The summed E-state index contributed by atoms with van der Waals surface area (Å²) in [7, 11) is 0. The second kappa shape index (κ2) is 13.8. The molecule has 0 bridgehead atoms. The molecule has 1 aliphatic heterocycles. The first kappa shape index (κ1) is 22.7. The zero-order valence-electron chi connectivity index (χ0n) is 15.6. The Hall–Kier alpha value is -0.380. The van der Waals surface area contributed by atoms with E-state index in [-0.39, 0.29) is 24.0 Å². The Morgan fingerprint density at radius 2 is 2.20 bits per heavy atom. The summed E-state index contributed by atoms with van der Waals surface area (Å²) >= 11 is 1.90. The Kier molecular flexibility index (Phi) is 12.5. The monoisotopic (exact) mass is 480 g/mol. The fourth-order valence-electron chi connectivity index (χ4n) is 2.82. The van der Waals surface area contributed by atoms with Gasteiger partial charge in [-0.15, -0.1) is 35.3 Å². The van der Waals surface area contributed by atoms with Gasteiger partial charge in [-0.25, -0.2) is 0 Å². The normalized spacial score (nSPS) is 14.7. The molecule has 2 rings (SSSR count). The number of guanidine groups is 1. The van der Waals surface area contributed by atoms with Crippen molar-refractivity contribution in [3.63, 3.8) is 0 Å². The van der Waals surface area contributed by atoms with Crippen LogP contribution >= 0.6 is 35.3 Å². The van der Waals surface area contributed by atoms with Crippen molar-refractivity contribution < 1.29 is 4.74 Å². The van der Waals surface area contributed by atoms with Crippen LogP contribution in [0.4, 0.5) is 0 Å². The van der Waals surface area contributed by atoms with E-state index in [1.165, 1.54) is 18.5 Å². The van der Waals surface area contributed by atoms with Gasteiger partial charge in [-0.2, -0.15) is 0 Å². The molecule has 5 nitrogen and oxygen atoms in total. The highest BCUT2D eigenvalue weighted by molar-refractivity contribution is 14.0. The molecule has 1 aromatic rings. The smallest absolute Gasteiger partial charge is 0.191 e. The minimum absolute atomic E-state index is 0. The molecule has 2 N–H and O–H groups in total. The van der Waals surface area contributed by atoms with Crippen LogP contribution < -0.4 is 10.6 Å². The molecule has 1 aromatic heterocycles. The summed E-state index contributed by atoms with van der Waals surface area (Å²) in [6.07, 6.45) is 3.35. The molecule has 0 aromatic carbocycles. The fourth-order valence-corrected chi connectivity index (χ4v) is 3.71. The topological polar surface area (TPSA) is 48.9 Å². The predicted molar refractivity (Wildman–Crippen MR) is 118 cm³/mol. The van der Waals surface area contributed by atoms with E-state index in [4.69, 9.17) is 4.74 Å². The number of halogens is 1. The van der Waals surface area contributed by atoms with Gasteiger partial charge in [0.1, 0.15) is 0 Å². The first-order valence-electron chi connectivity index (χ1n) is 9.21. The van der Waals surface area contributed by atoms with Crippen molar-refractivity contribution in [2.45, 2.75) is 39.7 Å². The molecule has 144 valence electrons. The van der Waals surface area contributed by atoms with E-state index in [2.05, 4.69) is 38.9 Å². The first-order valence-corrected chi connectivity index (χ1v) is 10.1. The molecule has 7 heteroatoms. The summed E-state index contributed by atoms with van der Waals surface area (Å²) in [5.41, 5.74) is 1.51. The van der Waals surface area contributed by atoms with Crippen molar-refractivity contribution in [1.29, 1.82) is 0 Å². The van der Waals surface area contributed by atoms with E-state index in [0.717, 1.165) is 64.7 Å². The van der Waals surface area contributed by atoms with Gasteiger partial charge < -0.3 is 15.4 Å². The Balaban J connectivity index is 0.00000312. The molecular formula is C18H33IN4OS. The number of unbranched alkanes of at least 4 members (excludes halogenated alkanes) is 1. The van der Waals surface area contributed by atoms with Gasteiger partial charge in [-0.05, 0) is 50.1 Å². The second-order valence-electron chi connectivity index (χ2n) is 5.99. The van der Waals surface area contributed by atoms with Gasteiger partial charge >= 0.3 is 0 Å². The molecule has 0 saturated carbocycles. The summed E-state index contributed by atoms with van der Waals surface area (Å²) < 4.78 is 5.35. The number of fused-ring (bicyclic) bond motifs is 1. The largest absolute Gasteiger partial charge is 0.382 e. The Morgan fingerprint density at radius 3 is 3.00 bits per heavy atom. The molecule has 1 aliphatic rings. The quantitative estimate of drug-likeness (QED) is 0.234. The highest BCUT2D eigenvalue weighted by atomic mass is 127. The SMILES string of the molecule is CCNC(=NCCCCOCC)NCCN1CCc2sccc2C1.I. The molecule has 0 atom stereocenters. The molecular weight excluding hydrogens is 447 g/mol. The number of ether oxygens (including phenoxy) is 1. The van der Waals surface area contributed by atoms with Gasteiger partial charge in [0.05, 0.1) is 0 Å². The lowest BCUT2D eigenvalue weighted by Gasteiger charge is -2.27. The van der Waals surface area contributed by atoms with E-state index < -0.39 is 0 Å². The van der Waals surface area contributed by atoms with Crippen LogP contribution in [0.1, 0.15) is 37.1 Å². The molecule has 0 spiro atoms. The molecule has 0 unspecified atom stereocenters. The van der Waals surface area contributed by atoms with E-state index in [0.29, 0.717) is 0 Å². The van der Waals surface area contributed by atoms with Crippen molar-refractivity contribution in [2.75, 3.05) is 45.9 Å². The van der Waals surface area contributed by atoms with Crippen molar-refractivity contribution in [3.8, 4) is 0 Å². The third-order valence-corrected chi connectivity index (χ3v) is 5.15. The van der Waals surface area contributed by atoms with Crippen LogP contribution in [-0.2, 0) is 17.7 Å². The number of hydrogen-bond acceptors (Lipinski definition) is 4. The average Bonchev–Trinajstić information content (AvgIpc) is 3.05. The van der Waals surface area contributed by atoms with Gasteiger partial charge in [-0.1, -0.05) is 0 Å². The van der Waals surface area contributed by atoms with Crippen LogP contribution in [0.25, 0.3) is 0 Å². The van der Waals surface area contributed by atoms with Crippen molar-refractivity contribution in [2.24, 2.45) is 4.99 Å². The van der Waals surface area contributed by atoms with Crippen LogP contribution in [0.3, 0.4) is 0 Å². The van der Waals surface area contributed by atoms with E-state index in [1.807, 2.05) is 18.3 Å². The maximum Gasteiger partial charge on any atom is 0.191 e. The maximum atomic E-state index is 5.35. The number of thiophene rings is 1. The average molecular weight is 480 g/mol. The minimum atomic E-state index is 0. The maximum absolute atomic E-state index is 5.35. The fraction of sp³-hybridized carbons (Fsp3) is 0.722. The summed E-state index contributed by atoms with van der Waals surface area (Å²) in [6.45, 7) is 11.8. The lowest BCUT2D eigenvalue weighted by Crippen LogP contribution is -2.42. The van der Waals surface area contributed by atoms with Crippen LogP contribution in [-0.4, -0.2) is 56.8 Å². The van der Waals surface area contributed by atoms with Gasteiger partial charge in [0.15, 0.2) is 5.96 Å². The number of nitrogens with zero attached hydrogens (tertiary/aromatic N) is 2. The van der Waals surface area contributed by atoms with Gasteiger partial charge in [-0.3, -0.25) is 9.89 Å². The minimum Gasteiger partial charge on any atom is -0.382 e. The molecule has 0 fully saturated rings. The molecule has 0 saturated heterocycles.